The maximum atomic E-state index is 12.1. The molecule has 0 spiro atoms. The number of hydrogen-bond acceptors (Lipinski definition) is 4. The maximum absolute atomic E-state index is 12.1. The van der Waals surface area contributed by atoms with Gasteiger partial charge in [0, 0.05) is 25.2 Å². The van der Waals surface area contributed by atoms with Crippen molar-refractivity contribution in [3.05, 3.63) is 0 Å². The first-order chi connectivity index (χ1) is 14.2. The Hall–Kier alpha value is -1.13. The van der Waals surface area contributed by atoms with Crippen LogP contribution in [0, 0.1) is 0 Å². The number of carboxylic acid groups (broad SMARTS) is 1. The summed E-state index contributed by atoms with van der Waals surface area (Å²) in [5.74, 6) is -2.48. The van der Waals surface area contributed by atoms with E-state index in [0.717, 1.165) is 38.8 Å². The van der Waals surface area contributed by atoms with Gasteiger partial charge < -0.3 is 19.7 Å². The van der Waals surface area contributed by atoms with Gasteiger partial charge >= 0.3 is 12.1 Å². The number of nitrogens with zero attached hydrogens (tertiary/aromatic N) is 1. The van der Waals surface area contributed by atoms with Gasteiger partial charge in [-0.2, -0.15) is 13.2 Å². The Morgan fingerprint density at radius 2 is 1.52 bits per heavy atom. The molecule has 0 unspecified atom stereocenters. The van der Waals surface area contributed by atoms with E-state index in [4.69, 9.17) is 14.3 Å². The van der Waals surface area contributed by atoms with Crippen LogP contribution in [0.3, 0.4) is 0 Å². The molecule has 0 atom stereocenters. The number of carbonyl (C=O) groups is 2. The number of amides is 1. The van der Waals surface area contributed by atoms with Crippen molar-refractivity contribution in [3.8, 4) is 0 Å². The Kier molecular flexibility index (Phi) is 10.5. The summed E-state index contributed by atoms with van der Waals surface area (Å²) in [4.78, 5) is 23.1. The Bertz CT molecular complexity index is 570. The fourth-order valence-electron chi connectivity index (χ4n) is 5.18. The Morgan fingerprint density at radius 3 is 1.87 bits per heavy atom. The lowest BCUT2D eigenvalue weighted by Gasteiger charge is -2.47. The van der Waals surface area contributed by atoms with E-state index in [1.807, 2.05) is 0 Å². The van der Waals surface area contributed by atoms with Gasteiger partial charge in [0.15, 0.2) is 0 Å². The molecular weight excluding hydrogens is 429 g/mol. The highest BCUT2D eigenvalue weighted by Crippen LogP contribution is 2.44. The van der Waals surface area contributed by atoms with Crippen LogP contribution in [-0.2, 0) is 14.0 Å². The van der Waals surface area contributed by atoms with Crippen molar-refractivity contribution in [1.82, 2.24) is 10.2 Å². The minimum atomic E-state index is -5.08. The molecule has 0 aromatic rings. The van der Waals surface area contributed by atoms with Crippen LogP contribution in [0.1, 0.15) is 67.2 Å². The fourth-order valence-corrected chi connectivity index (χ4v) is 10.8. The monoisotopic (exact) mass is 468 g/mol. The van der Waals surface area contributed by atoms with Crippen LogP contribution in [0.25, 0.3) is 0 Å². The molecule has 2 fully saturated rings. The van der Waals surface area contributed by atoms with Crippen molar-refractivity contribution in [3.63, 3.8) is 0 Å². The van der Waals surface area contributed by atoms with Gasteiger partial charge in [0.1, 0.15) is 0 Å². The molecule has 2 rings (SSSR count). The van der Waals surface area contributed by atoms with Crippen molar-refractivity contribution >= 4 is 20.2 Å². The highest BCUT2D eigenvalue weighted by atomic mass is 28.4. The third kappa shape index (κ3) is 7.46. The normalized spacial score (nSPS) is 23.2. The SMILES string of the molecule is CC(C)[Si](O[C@H]1CC[C@@H](N2CCNCC2=O)CC1)(C(C)C)C(C)C.O=C(O)C(F)(F)F. The molecule has 1 saturated heterocycles. The van der Waals surface area contributed by atoms with Crippen LogP contribution < -0.4 is 5.32 Å². The van der Waals surface area contributed by atoms with Gasteiger partial charge in [-0.1, -0.05) is 41.5 Å². The van der Waals surface area contributed by atoms with E-state index in [0.29, 0.717) is 35.3 Å². The van der Waals surface area contributed by atoms with Crippen LogP contribution in [0.4, 0.5) is 13.2 Å². The summed E-state index contributed by atoms with van der Waals surface area (Å²) in [5, 5.41) is 10.3. The molecule has 0 aromatic carbocycles. The summed E-state index contributed by atoms with van der Waals surface area (Å²) >= 11 is 0. The average Bonchev–Trinajstić information content (AvgIpc) is 2.66. The third-order valence-electron chi connectivity index (χ3n) is 6.53. The number of hydrogen-bond donors (Lipinski definition) is 2. The van der Waals surface area contributed by atoms with E-state index >= 15 is 0 Å². The quantitative estimate of drug-likeness (QED) is 0.559. The standard InChI is InChI=1S/C19H38N2O2Si.C2HF3O2/c1-14(2)24(15(3)4,16(5)6)23-18-9-7-17(8-10-18)21-12-11-20-13-19(21)22;3-2(4,5)1(6)7/h14-18,20H,7-13H2,1-6H3;(H,6,7)/t17-,18+;. The molecule has 182 valence electrons. The number of nitrogens with one attached hydrogen (secondary N) is 1. The highest BCUT2D eigenvalue weighted by molar-refractivity contribution is 6.77. The first-order valence-corrected chi connectivity index (χ1v) is 13.4. The summed E-state index contributed by atoms with van der Waals surface area (Å²) in [6, 6.07) is 0.438. The maximum Gasteiger partial charge on any atom is 0.490 e. The average molecular weight is 469 g/mol. The molecule has 0 aromatic heterocycles. The highest BCUT2D eigenvalue weighted by Gasteiger charge is 2.47. The number of carboxylic acids is 1. The van der Waals surface area contributed by atoms with Gasteiger partial charge in [-0.05, 0) is 42.3 Å². The van der Waals surface area contributed by atoms with Crippen LogP contribution in [0.5, 0.6) is 0 Å². The molecule has 6 nitrogen and oxygen atoms in total. The van der Waals surface area contributed by atoms with Gasteiger partial charge in [0.25, 0.3) is 0 Å². The summed E-state index contributed by atoms with van der Waals surface area (Å²) in [7, 11) is -1.78. The summed E-state index contributed by atoms with van der Waals surface area (Å²) < 4.78 is 38.7. The largest absolute Gasteiger partial charge is 0.490 e. The molecule has 2 aliphatic rings. The van der Waals surface area contributed by atoms with Gasteiger partial charge in [0.2, 0.25) is 14.2 Å². The number of alkyl halides is 3. The zero-order valence-electron chi connectivity index (χ0n) is 19.6. The molecule has 1 heterocycles. The van der Waals surface area contributed by atoms with Crippen LogP contribution in [-0.4, -0.2) is 68.2 Å². The predicted octanol–water partition coefficient (Wildman–Crippen LogP) is 4.55. The molecular formula is C21H39F3N2O4Si. The van der Waals surface area contributed by atoms with Crippen molar-refractivity contribution in [2.45, 2.75) is 102 Å². The number of carbonyl (C=O) groups excluding carboxylic acids is 1. The summed E-state index contributed by atoms with van der Waals surface area (Å²) in [5.41, 5.74) is 1.93. The molecule has 31 heavy (non-hydrogen) atoms. The van der Waals surface area contributed by atoms with E-state index < -0.39 is 20.5 Å². The Morgan fingerprint density at radius 1 is 1.06 bits per heavy atom. The first kappa shape index (κ1) is 27.9. The summed E-state index contributed by atoms with van der Waals surface area (Å²) in [6.45, 7) is 16.5. The third-order valence-corrected chi connectivity index (χ3v) is 12.7. The van der Waals surface area contributed by atoms with E-state index in [2.05, 4.69) is 51.8 Å². The van der Waals surface area contributed by atoms with Crippen molar-refractivity contribution in [2.75, 3.05) is 19.6 Å². The van der Waals surface area contributed by atoms with Gasteiger partial charge in [-0.3, -0.25) is 4.79 Å². The van der Waals surface area contributed by atoms with Crippen LogP contribution in [0.2, 0.25) is 16.6 Å². The number of halogens is 3. The van der Waals surface area contributed by atoms with Crippen LogP contribution in [0.15, 0.2) is 0 Å². The summed E-state index contributed by atoms with van der Waals surface area (Å²) in [6.07, 6.45) is -0.242. The fraction of sp³-hybridized carbons (Fsp3) is 0.905. The van der Waals surface area contributed by atoms with E-state index in [1.54, 1.807) is 0 Å². The van der Waals surface area contributed by atoms with Gasteiger partial charge in [0.05, 0.1) is 6.54 Å². The molecule has 0 radical (unpaired) electrons. The van der Waals surface area contributed by atoms with Crippen LogP contribution >= 0.6 is 0 Å². The second-order valence-electron chi connectivity index (χ2n) is 9.43. The molecule has 1 saturated carbocycles. The minimum Gasteiger partial charge on any atom is -0.475 e. The van der Waals surface area contributed by atoms with Gasteiger partial charge in [-0.15, -0.1) is 0 Å². The molecule has 1 amide bonds. The lowest BCUT2D eigenvalue weighted by molar-refractivity contribution is -0.192. The van der Waals surface area contributed by atoms with E-state index in [1.165, 1.54) is 0 Å². The van der Waals surface area contributed by atoms with Crippen molar-refractivity contribution < 1.29 is 32.3 Å². The molecule has 2 N–H and O–H groups in total. The lowest BCUT2D eigenvalue weighted by Crippen LogP contribution is -2.54. The molecule has 1 aliphatic carbocycles. The van der Waals surface area contributed by atoms with E-state index in [9.17, 15) is 18.0 Å². The Labute approximate surface area is 185 Å². The zero-order chi connectivity index (χ0) is 24.0. The molecule has 10 heteroatoms. The number of piperazine rings is 1. The second-order valence-corrected chi connectivity index (χ2v) is 14.8. The number of rotatable bonds is 6. The second kappa shape index (κ2) is 11.6. The zero-order valence-corrected chi connectivity index (χ0v) is 20.6. The minimum absolute atomic E-state index is 0.279. The number of aliphatic carboxylic acids is 1. The Balaban J connectivity index is 0.000000592. The predicted molar refractivity (Wildman–Crippen MR) is 116 cm³/mol. The molecule has 1 aliphatic heterocycles. The first-order valence-electron chi connectivity index (χ1n) is 11.2. The van der Waals surface area contributed by atoms with Crippen molar-refractivity contribution in [2.24, 2.45) is 0 Å². The lowest BCUT2D eigenvalue weighted by atomic mass is 9.91. The van der Waals surface area contributed by atoms with Crippen molar-refractivity contribution in [1.29, 1.82) is 0 Å². The smallest absolute Gasteiger partial charge is 0.475 e. The van der Waals surface area contributed by atoms with E-state index in [-0.39, 0.29) is 5.91 Å². The topological polar surface area (TPSA) is 78.9 Å². The molecule has 0 bridgehead atoms. The van der Waals surface area contributed by atoms with Gasteiger partial charge in [-0.25, -0.2) is 4.79 Å².